The summed E-state index contributed by atoms with van der Waals surface area (Å²) < 4.78 is 5.27. The van der Waals surface area contributed by atoms with E-state index in [0.29, 0.717) is 5.76 Å². The van der Waals surface area contributed by atoms with Gasteiger partial charge >= 0.3 is 6.03 Å². The van der Waals surface area contributed by atoms with Gasteiger partial charge in [-0.1, -0.05) is 0 Å². The zero-order valence-electron chi connectivity index (χ0n) is 13.7. The van der Waals surface area contributed by atoms with E-state index >= 15 is 0 Å². The van der Waals surface area contributed by atoms with Crippen LogP contribution in [0.4, 0.5) is 4.79 Å². The Morgan fingerprint density at radius 3 is 2.83 bits per heavy atom. The number of amides is 4. The fourth-order valence-electron chi connectivity index (χ4n) is 2.83. The van der Waals surface area contributed by atoms with Crippen LogP contribution in [-0.4, -0.2) is 71.7 Å². The highest BCUT2D eigenvalue weighted by atomic mass is 16.3. The summed E-state index contributed by atoms with van der Waals surface area (Å²) in [7, 11) is 3.01. The average Bonchev–Trinajstić information content (AvgIpc) is 3.15. The smallest absolute Gasteiger partial charge is 0.328 e. The number of nitrogens with one attached hydrogen (secondary N) is 1. The second-order valence-corrected chi connectivity index (χ2v) is 5.95. The maximum atomic E-state index is 12.3. The number of carbonyl (C=O) groups excluding carboxylic acids is 3. The number of fused-ring (bicyclic) bond motifs is 1. The maximum Gasteiger partial charge on any atom is 0.328 e. The van der Waals surface area contributed by atoms with Gasteiger partial charge in [0.2, 0.25) is 5.91 Å². The maximum absolute atomic E-state index is 12.3. The molecule has 1 aromatic rings. The lowest BCUT2D eigenvalue weighted by molar-refractivity contribution is -0.136. The van der Waals surface area contributed by atoms with Crippen molar-refractivity contribution >= 4 is 24.2 Å². The lowest BCUT2D eigenvalue weighted by atomic mass is 10.1. The van der Waals surface area contributed by atoms with Crippen LogP contribution in [-0.2, 0) is 16.1 Å². The molecule has 0 bridgehead atoms. The molecule has 2 aliphatic heterocycles. The molecule has 1 fully saturated rings. The number of furan rings is 1. The molecule has 1 N–H and O–H groups in total. The molecular weight excluding hydrogens is 314 g/mol. The second-order valence-electron chi connectivity index (χ2n) is 5.95. The Labute approximate surface area is 140 Å². The second kappa shape index (κ2) is 5.99. The molecule has 2 atom stereocenters. The van der Waals surface area contributed by atoms with Crippen molar-refractivity contribution < 1.29 is 20.2 Å². The van der Waals surface area contributed by atoms with Crippen LogP contribution in [0.3, 0.4) is 0 Å². The Bertz CT molecular complexity index is 719. The number of aryl methyl sites for hydroxylation is 1. The molecule has 3 heterocycles. The van der Waals surface area contributed by atoms with Gasteiger partial charge in [-0.25, -0.2) is 9.79 Å². The number of nitrogens with zero attached hydrogens (tertiary/aromatic N) is 4. The molecule has 0 radical (unpaired) electrons. The molecular formula is C15H21N5O4. The number of urea groups is 1. The standard InChI is InChI=1S/C15H19N5O4.H2/c1-9-4-10(24-7-9)5-16-11(21)6-20-8-17-13-12(20)14(22)19(3)15(23)18(13)2;/h4,7-8,12-13H,5-6H2,1-3H3,(H,16,21);1H. The molecule has 2 aliphatic rings. The van der Waals surface area contributed by atoms with Crippen LogP contribution in [0.2, 0.25) is 0 Å². The van der Waals surface area contributed by atoms with E-state index in [-0.39, 0.29) is 26.3 Å². The van der Waals surface area contributed by atoms with Gasteiger partial charge in [-0.3, -0.25) is 14.5 Å². The molecule has 9 heteroatoms. The Balaban J connectivity index is 0.00000225. The number of imide groups is 1. The molecule has 4 amide bonds. The average molecular weight is 335 g/mol. The van der Waals surface area contributed by atoms with Gasteiger partial charge in [-0.15, -0.1) is 0 Å². The molecule has 2 unspecified atom stereocenters. The largest absolute Gasteiger partial charge is 0.467 e. The Morgan fingerprint density at radius 1 is 1.42 bits per heavy atom. The number of aliphatic imine (C=N–C) groups is 1. The van der Waals surface area contributed by atoms with Crippen LogP contribution in [0.25, 0.3) is 0 Å². The van der Waals surface area contributed by atoms with Crippen molar-refractivity contribution in [2.45, 2.75) is 25.7 Å². The summed E-state index contributed by atoms with van der Waals surface area (Å²) in [6.45, 7) is 2.16. The van der Waals surface area contributed by atoms with Crippen LogP contribution in [0.1, 0.15) is 12.8 Å². The minimum Gasteiger partial charge on any atom is -0.467 e. The fraction of sp³-hybridized carbons (Fsp3) is 0.467. The molecule has 0 aliphatic carbocycles. The Morgan fingerprint density at radius 2 is 2.17 bits per heavy atom. The summed E-state index contributed by atoms with van der Waals surface area (Å²) in [4.78, 5) is 44.6. The third-order valence-electron chi connectivity index (χ3n) is 4.15. The van der Waals surface area contributed by atoms with E-state index in [0.717, 1.165) is 10.5 Å². The number of hydrogen-bond acceptors (Lipinski definition) is 6. The van der Waals surface area contributed by atoms with E-state index in [1.165, 1.54) is 18.3 Å². The van der Waals surface area contributed by atoms with Gasteiger partial charge in [-0.2, -0.15) is 0 Å². The molecule has 1 saturated heterocycles. The quantitative estimate of drug-likeness (QED) is 0.836. The van der Waals surface area contributed by atoms with Crippen LogP contribution < -0.4 is 5.32 Å². The topological polar surface area (TPSA) is 98.5 Å². The van der Waals surface area contributed by atoms with Crippen molar-refractivity contribution in [1.29, 1.82) is 0 Å². The first kappa shape index (κ1) is 16.0. The predicted molar refractivity (Wildman–Crippen MR) is 86.1 cm³/mol. The highest BCUT2D eigenvalue weighted by Gasteiger charge is 2.48. The monoisotopic (exact) mass is 335 g/mol. The van der Waals surface area contributed by atoms with E-state index in [2.05, 4.69) is 10.3 Å². The van der Waals surface area contributed by atoms with Gasteiger partial charge in [0, 0.05) is 15.5 Å². The van der Waals surface area contributed by atoms with Crippen molar-refractivity contribution in [3.05, 3.63) is 23.7 Å². The summed E-state index contributed by atoms with van der Waals surface area (Å²) in [5.74, 6) is 0.0360. The first-order valence-electron chi connectivity index (χ1n) is 7.52. The molecule has 0 saturated carbocycles. The molecule has 9 nitrogen and oxygen atoms in total. The molecule has 0 aromatic carbocycles. The third-order valence-corrected chi connectivity index (χ3v) is 4.15. The van der Waals surface area contributed by atoms with E-state index in [9.17, 15) is 14.4 Å². The first-order valence-corrected chi connectivity index (χ1v) is 7.52. The molecule has 1 aromatic heterocycles. The summed E-state index contributed by atoms with van der Waals surface area (Å²) >= 11 is 0. The summed E-state index contributed by atoms with van der Waals surface area (Å²) in [5, 5.41) is 2.74. The van der Waals surface area contributed by atoms with Crippen molar-refractivity contribution in [2.24, 2.45) is 4.99 Å². The van der Waals surface area contributed by atoms with E-state index in [4.69, 9.17) is 4.42 Å². The molecule has 3 rings (SSSR count). The summed E-state index contributed by atoms with van der Waals surface area (Å²) in [6.07, 6.45) is 2.47. The Hall–Kier alpha value is -2.84. The normalized spacial score (nSPS) is 23.0. The summed E-state index contributed by atoms with van der Waals surface area (Å²) in [5.41, 5.74) is 0.984. The lowest BCUT2D eigenvalue weighted by Crippen LogP contribution is -2.64. The van der Waals surface area contributed by atoms with Gasteiger partial charge in [0.05, 0.1) is 25.7 Å². The molecule has 24 heavy (non-hydrogen) atoms. The van der Waals surface area contributed by atoms with Crippen molar-refractivity contribution in [1.82, 2.24) is 20.0 Å². The zero-order chi connectivity index (χ0) is 17.4. The van der Waals surface area contributed by atoms with Gasteiger partial charge in [0.25, 0.3) is 5.91 Å². The Kier molecular flexibility index (Phi) is 4.00. The lowest BCUT2D eigenvalue weighted by Gasteiger charge is -2.39. The van der Waals surface area contributed by atoms with Gasteiger partial charge in [-0.05, 0) is 18.6 Å². The first-order chi connectivity index (χ1) is 11.4. The molecule has 130 valence electrons. The van der Waals surface area contributed by atoms with E-state index < -0.39 is 18.2 Å². The minimum atomic E-state index is -0.672. The number of rotatable bonds is 4. The SMILES string of the molecule is Cc1coc(CNC(=O)CN2C=NC3C2C(=O)N(C)C(=O)N3C)c1.[HH]. The van der Waals surface area contributed by atoms with Gasteiger partial charge in [0.1, 0.15) is 5.76 Å². The van der Waals surface area contributed by atoms with Gasteiger partial charge < -0.3 is 19.5 Å². The highest BCUT2D eigenvalue weighted by Crippen LogP contribution is 2.24. The number of likely N-dealkylation sites (N-methyl/N-ethyl adjacent to an activating group) is 2. The van der Waals surface area contributed by atoms with Crippen molar-refractivity contribution in [3.8, 4) is 0 Å². The van der Waals surface area contributed by atoms with E-state index in [1.54, 1.807) is 18.2 Å². The van der Waals surface area contributed by atoms with Crippen LogP contribution in [0.15, 0.2) is 21.7 Å². The minimum absolute atomic E-state index is 0. The van der Waals surface area contributed by atoms with Crippen LogP contribution in [0.5, 0.6) is 0 Å². The van der Waals surface area contributed by atoms with Gasteiger partial charge in [0.15, 0.2) is 12.2 Å². The summed E-state index contributed by atoms with van der Waals surface area (Å²) in [6, 6.07) is 0.764. The number of carbonyl (C=O) groups is 3. The van der Waals surface area contributed by atoms with Crippen molar-refractivity contribution in [2.75, 3.05) is 20.6 Å². The highest BCUT2D eigenvalue weighted by molar-refractivity contribution is 6.02. The van der Waals surface area contributed by atoms with Crippen LogP contribution in [0, 0.1) is 6.92 Å². The fourth-order valence-corrected chi connectivity index (χ4v) is 2.83. The zero-order valence-corrected chi connectivity index (χ0v) is 13.7. The molecule has 0 spiro atoms. The van der Waals surface area contributed by atoms with Crippen LogP contribution >= 0.6 is 0 Å². The van der Waals surface area contributed by atoms with E-state index in [1.807, 2.05) is 13.0 Å². The predicted octanol–water partition coefficient (Wildman–Crippen LogP) is 0.0126. The number of hydrogen-bond donors (Lipinski definition) is 1. The van der Waals surface area contributed by atoms with Crippen molar-refractivity contribution in [3.63, 3.8) is 0 Å². The third kappa shape index (κ3) is 2.72.